The van der Waals surface area contributed by atoms with Gasteiger partial charge in [-0.15, -0.1) is 6.42 Å². The van der Waals surface area contributed by atoms with Crippen LogP contribution < -0.4 is 0 Å². The lowest BCUT2D eigenvalue weighted by Crippen LogP contribution is -1.55. The van der Waals surface area contributed by atoms with Crippen LogP contribution in [0.25, 0.3) is 0 Å². The first-order valence-corrected chi connectivity index (χ1v) is 4.29. The van der Waals surface area contributed by atoms with Gasteiger partial charge in [0.15, 0.2) is 0 Å². The minimum Gasteiger partial charge on any atom is -0.106 e. The predicted octanol–water partition coefficient (Wildman–Crippen LogP) is 0.663. The second-order valence-electron chi connectivity index (χ2n) is 2.02. The van der Waals surface area contributed by atoms with Crippen LogP contribution in [0, 0.1) is 95.2 Å². The zero-order chi connectivity index (χ0) is 12.6. The molecule has 72 valence electrons. The normalized spacial score (nSPS) is 3.76. The maximum absolute atomic E-state index is 4.88. The first kappa shape index (κ1) is 13.5. The largest absolute Gasteiger partial charge is 0.106 e. The fourth-order valence-corrected chi connectivity index (χ4v) is 0.442. The van der Waals surface area contributed by atoms with E-state index in [1.54, 1.807) is 6.92 Å². The molecule has 0 atom stereocenters. The molecule has 0 heterocycles. The molecular weight excluding hydrogens is 204 g/mol. The third-order valence-electron chi connectivity index (χ3n) is 0.947. The molecule has 0 N–H and O–H groups in total. The summed E-state index contributed by atoms with van der Waals surface area (Å²) in [6, 6.07) is 0. The molecule has 0 bridgehead atoms. The molecule has 0 saturated heterocycles. The van der Waals surface area contributed by atoms with E-state index in [4.69, 9.17) is 6.42 Å². The van der Waals surface area contributed by atoms with E-state index in [0.29, 0.717) is 0 Å². The molecule has 0 spiro atoms. The lowest BCUT2D eigenvalue weighted by Gasteiger charge is -1.56. The van der Waals surface area contributed by atoms with E-state index in [0.717, 1.165) is 0 Å². The van der Waals surface area contributed by atoms with E-state index in [9.17, 15) is 0 Å². The van der Waals surface area contributed by atoms with Crippen molar-refractivity contribution in [1.29, 1.82) is 0 Å². The van der Waals surface area contributed by atoms with Crippen LogP contribution in [0.1, 0.15) is 6.92 Å². The van der Waals surface area contributed by atoms with Gasteiger partial charge in [-0.25, -0.2) is 0 Å². The second-order valence-corrected chi connectivity index (χ2v) is 2.02. The molecule has 0 aromatic rings. The molecule has 17 heavy (non-hydrogen) atoms. The molecule has 0 aliphatic carbocycles. The van der Waals surface area contributed by atoms with Gasteiger partial charge >= 0.3 is 0 Å². The van der Waals surface area contributed by atoms with Crippen LogP contribution in [0.2, 0.25) is 0 Å². The third kappa shape index (κ3) is 12.5. The van der Waals surface area contributed by atoms with Gasteiger partial charge in [0.05, 0.1) is 0 Å². The Morgan fingerprint density at radius 1 is 0.471 bits per heavy atom. The van der Waals surface area contributed by atoms with Gasteiger partial charge < -0.3 is 0 Å². The number of rotatable bonds is 0. The Morgan fingerprint density at radius 3 is 1.06 bits per heavy atom. The van der Waals surface area contributed by atoms with E-state index in [-0.39, 0.29) is 0 Å². The average Bonchev–Trinajstić information content (AvgIpc) is 2.35. The van der Waals surface area contributed by atoms with Crippen molar-refractivity contribution >= 4 is 0 Å². The Balaban J connectivity index is 4.27. The van der Waals surface area contributed by atoms with Gasteiger partial charge in [-0.2, -0.15) is 0 Å². The highest BCUT2D eigenvalue weighted by Gasteiger charge is 1.56. The Morgan fingerprint density at radius 2 is 0.765 bits per heavy atom. The van der Waals surface area contributed by atoms with Crippen molar-refractivity contribution in [1.82, 2.24) is 0 Å². The van der Waals surface area contributed by atoms with Crippen molar-refractivity contribution in [3.63, 3.8) is 0 Å². The maximum Gasteiger partial charge on any atom is -0.0000000000000253 e. The fraction of sp³-hybridized carbons (Fsp3) is 0.0588. The Kier molecular flexibility index (Phi) is 9.90. The van der Waals surface area contributed by atoms with E-state index < -0.39 is 0 Å². The fourth-order valence-electron chi connectivity index (χ4n) is 0.442. The first-order valence-electron chi connectivity index (χ1n) is 4.29. The molecule has 0 rings (SSSR count). The van der Waals surface area contributed by atoms with Crippen LogP contribution >= 0.6 is 0 Å². The molecule has 0 aromatic heterocycles. The van der Waals surface area contributed by atoms with E-state index in [1.165, 1.54) is 0 Å². The summed E-state index contributed by atoms with van der Waals surface area (Å²) in [5, 5.41) is 0. The number of terminal acetylenes is 1. The van der Waals surface area contributed by atoms with Crippen LogP contribution in [0.4, 0.5) is 0 Å². The summed E-state index contributed by atoms with van der Waals surface area (Å²) in [7, 11) is 0. The summed E-state index contributed by atoms with van der Waals surface area (Å²) in [5.41, 5.74) is 0. The number of hydrogen-bond donors (Lipinski definition) is 0. The van der Waals surface area contributed by atoms with E-state index in [1.807, 2.05) is 0 Å². The van der Waals surface area contributed by atoms with Gasteiger partial charge in [0, 0.05) is 0 Å². The molecule has 0 nitrogen and oxygen atoms in total. The van der Waals surface area contributed by atoms with Crippen molar-refractivity contribution in [2.45, 2.75) is 6.92 Å². The zero-order valence-corrected chi connectivity index (χ0v) is 9.08. The summed E-state index contributed by atoms with van der Waals surface area (Å²) in [6.07, 6.45) is 4.88. The molecule has 0 aromatic carbocycles. The Labute approximate surface area is 103 Å². The lowest BCUT2D eigenvalue weighted by molar-refractivity contribution is 1.92. The second kappa shape index (κ2) is 12.5. The van der Waals surface area contributed by atoms with Gasteiger partial charge in [0.2, 0.25) is 0 Å². The summed E-state index contributed by atoms with van der Waals surface area (Å²) in [4.78, 5) is 0. The van der Waals surface area contributed by atoms with Crippen LogP contribution in [0.3, 0.4) is 0 Å². The van der Waals surface area contributed by atoms with Crippen molar-refractivity contribution < 1.29 is 0 Å². The molecule has 0 aliphatic heterocycles. The Hall–Kier alpha value is -3.52. The van der Waals surface area contributed by atoms with Crippen molar-refractivity contribution in [2.24, 2.45) is 0 Å². The SMILES string of the molecule is C#CC#CC#CC#CC#CC#CC#CC#CC. The molecule has 0 saturated carbocycles. The van der Waals surface area contributed by atoms with Crippen LogP contribution in [-0.2, 0) is 0 Å². The molecule has 0 heteroatoms. The quantitative estimate of drug-likeness (QED) is 0.513. The highest BCUT2D eigenvalue weighted by atomic mass is 13.6. The van der Waals surface area contributed by atoms with E-state index >= 15 is 0 Å². The van der Waals surface area contributed by atoms with Gasteiger partial charge in [0.1, 0.15) is 0 Å². The van der Waals surface area contributed by atoms with Crippen LogP contribution in [-0.4, -0.2) is 0 Å². The highest BCUT2D eigenvalue weighted by molar-refractivity contribution is 5.45. The maximum atomic E-state index is 4.88. The van der Waals surface area contributed by atoms with Crippen LogP contribution in [0.15, 0.2) is 0 Å². The Bertz CT molecular complexity index is 734. The molecule has 0 aliphatic rings. The van der Waals surface area contributed by atoms with Gasteiger partial charge in [0.25, 0.3) is 0 Å². The van der Waals surface area contributed by atoms with Gasteiger partial charge in [-0.1, -0.05) is 5.92 Å². The van der Waals surface area contributed by atoms with Crippen LogP contribution in [0.5, 0.6) is 0 Å². The summed E-state index contributed by atoms with van der Waals surface area (Å²) >= 11 is 0. The van der Waals surface area contributed by atoms with Crippen molar-refractivity contribution in [3.05, 3.63) is 0 Å². The van der Waals surface area contributed by atoms with Gasteiger partial charge in [-0.05, 0) is 89.8 Å². The summed E-state index contributed by atoms with van der Waals surface area (Å²) < 4.78 is 0. The first-order chi connectivity index (χ1) is 8.41. The minimum absolute atomic E-state index is 1.70. The highest BCUT2D eigenvalue weighted by Crippen LogP contribution is 1.57. The van der Waals surface area contributed by atoms with Crippen molar-refractivity contribution in [3.8, 4) is 95.2 Å². The lowest BCUT2D eigenvalue weighted by atomic mass is 10.5. The van der Waals surface area contributed by atoms with Crippen molar-refractivity contribution in [2.75, 3.05) is 0 Å². The molecule has 0 radical (unpaired) electrons. The third-order valence-corrected chi connectivity index (χ3v) is 0.947. The van der Waals surface area contributed by atoms with E-state index in [2.05, 4.69) is 88.8 Å². The monoisotopic (exact) mass is 208 g/mol. The summed E-state index contributed by atoms with van der Waals surface area (Å²) in [6.45, 7) is 1.70. The predicted molar refractivity (Wildman–Crippen MR) is 68.9 cm³/mol. The number of hydrogen-bond acceptors (Lipinski definition) is 0. The standard InChI is InChI=1S/C17H4/c1-3-5-7-9-11-13-15-17-16-14-12-10-8-6-4-2/h1H,2H3. The molecular formula is C17H4. The molecule has 0 amide bonds. The van der Waals surface area contributed by atoms with Gasteiger partial charge in [-0.3, -0.25) is 0 Å². The minimum atomic E-state index is 1.70. The molecule has 0 unspecified atom stereocenters. The zero-order valence-electron chi connectivity index (χ0n) is 9.08. The topological polar surface area (TPSA) is 0 Å². The smallest absolute Gasteiger partial charge is 0.0000000000000253 e. The molecule has 0 fully saturated rings. The summed E-state index contributed by atoms with van der Waals surface area (Å²) in [5.74, 6) is 36.9. The average molecular weight is 208 g/mol.